The number of urea groups is 1. The lowest BCUT2D eigenvalue weighted by molar-refractivity contribution is -0.130. The number of hydrogen-bond acceptors (Lipinski definition) is 6. The van der Waals surface area contributed by atoms with E-state index < -0.39 is 0 Å². The van der Waals surface area contributed by atoms with Gasteiger partial charge in [-0.3, -0.25) is 9.69 Å². The SMILES string of the molecule is COc1cc(OC)cc(N2CCN(CCNCC(=O)N3CCC[C@H]3C#N)C2=O)c1. The van der Waals surface area contributed by atoms with E-state index in [-0.39, 0.29) is 24.5 Å². The highest BCUT2D eigenvalue weighted by Gasteiger charge is 2.30. The highest BCUT2D eigenvalue weighted by molar-refractivity contribution is 5.94. The molecule has 1 atom stereocenters. The summed E-state index contributed by atoms with van der Waals surface area (Å²) in [6.45, 7) is 3.02. The van der Waals surface area contributed by atoms with Crippen LogP contribution in [0.1, 0.15) is 12.8 Å². The number of nitrogens with one attached hydrogen (secondary N) is 1. The van der Waals surface area contributed by atoms with Gasteiger partial charge in [-0.2, -0.15) is 5.26 Å². The van der Waals surface area contributed by atoms with Crippen LogP contribution in [-0.2, 0) is 4.79 Å². The molecule has 9 heteroatoms. The van der Waals surface area contributed by atoms with Crippen molar-refractivity contribution in [3.63, 3.8) is 0 Å². The third-order valence-electron chi connectivity index (χ3n) is 5.30. The summed E-state index contributed by atoms with van der Waals surface area (Å²) in [5.74, 6) is 1.19. The number of carbonyl (C=O) groups is 2. The second-order valence-corrected chi connectivity index (χ2v) is 7.04. The van der Waals surface area contributed by atoms with Crippen molar-refractivity contribution >= 4 is 17.6 Å². The monoisotopic (exact) mass is 401 g/mol. The van der Waals surface area contributed by atoms with E-state index in [2.05, 4.69) is 11.4 Å². The molecule has 1 aromatic rings. The van der Waals surface area contributed by atoms with Gasteiger partial charge in [-0.05, 0) is 12.8 Å². The van der Waals surface area contributed by atoms with Crippen molar-refractivity contribution in [2.24, 2.45) is 0 Å². The quantitative estimate of drug-likeness (QED) is 0.654. The van der Waals surface area contributed by atoms with Gasteiger partial charge in [0.2, 0.25) is 5.91 Å². The van der Waals surface area contributed by atoms with Crippen LogP contribution in [0, 0.1) is 11.3 Å². The Morgan fingerprint density at radius 3 is 2.59 bits per heavy atom. The molecule has 2 saturated heterocycles. The van der Waals surface area contributed by atoms with Crippen LogP contribution in [0.2, 0.25) is 0 Å². The maximum atomic E-state index is 12.8. The third-order valence-corrected chi connectivity index (χ3v) is 5.30. The van der Waals surface area contributed by atoms with Gasteiger partial charge in [0.05, 0.1) is 32.5 Å². The Balaban J connectivity index is 1.48. The van der Waals surface area contributed by atoms with Crippen molar-refractivity contribution in [3.05, 3.63) is 18.2 Å². The van der Waals surface area contributed by atoms with Crippen LogP contribution in [0.25, 0.3) is 0 Å². The molecule has 0 spiro atoms. The number of carbonyl (C=O) groups excluding carboxylic acids is 2. The molecule has 1 N–H and O–H groups in total. The number of anilines is 1. The zero-order valence-electron chi connectivity index (χ0n) is 16.9. The Morgan fingerprint density at radius 2 is 1.93 bits per heavy atom. The van der Waals surface area contributed by atoms with E-state index in [1.807, 2.05) is 12.1 Å². The summed E-state index contributed by atoms with van der Waals surface area (Å²) < 4.78 is 10.6. The van der Waals surface area contributed by atoms with E-state index in [0.29, 0.717) is 44.2 Å². The summed E-state index contributed by atoms with van der Waals surface area (Å²) in [6.07, 6.45) is 1.62. The van der Waals surface area contributed by atoms with Crippen LogP contribution in [0.15, 0.2) is 18.2 Å². The molecule has 156 valence electrons. The molecule has 2 heterocycles. The molecule has 2 fully saturated rings. The molecular formula is C20H27N5O4. The zero-order chi connectivity index (χ0) is 20.8. The van der Waals surface area contributed by atoms with E-state index in [1.54, 1.807) is 35.0 Å². The summed E-state index contributed by atoms with van der Waals surface area (Å²) in [4.78, 5) is 30.1. The fourth-order valence-corrected chi connectivity index (χ4v) is 3.69. The van der Waals surface area contributed by atoms with Crippen LogP contribution in [-0.4, -0.2) is 81.3 Å². The number of methoxy groups -OCH3 is 2. The van der Waals surface area contributed by atoms with Crippen molar-refractivity contribution in [3.8, 4) is 17.6 Å². The van der Waals surface area contributed by atoms with Gasteiger partial charge in [-0.25, -0.2) is 4.79 Å². The number of hydrogen-bond donors (Lipinski definition) is 1. The molecule has 0 radical (unpaired) electrons. The summed E-state index contributed by atoms with van der Waals surface area (Å²) in [6, 6.07) is 7.16. The molecule has 29 heavy (non-hydrogen) atoms. The fraction of sp³-hybridized carbons (Fsp3) is 0.550. The molecule has 0 aromatic heterocycles. The first-order valence-electron chi connectivity index (χ1n) is 9.76. The van der Waals surface area contributed by atoms with E-state index in [1.165, 1.54) is 0 Å². The predicted octanol–water partition coefficient (Wildman–Crippen LogP) is 1.05. The highest BCUT2D eigenvalue weighted by Crippen LogP contribution is 2.30. The second-order valence-electron chi connectivity index (χ2n) is 7.04. The number of benzene rings is 1. The topological polar surface area (TPSA) is 98.1 Å². The normalized spacial score (nSPS) is 18.9. The summed E-state index contributed by atoms with van der Waals surface area (Å²) in [5, 5.41) is 12.2. The maximum Gasteiger partial charge on any atom is 0.324 e. The number of amides is 3. The lowest BCUT2D eigenvalue weighted by atomic mass is 10.2. The fourth-order valence-electron chi connectivity index (χ4n) is 3.69. The van der Waals surface area contributed by atoms with Gasteiger partial charge in [0.15, 0.2) is 0 Å². The standard InChI is InChI=1S/C20H27N5O4/c1-28-17-10-16(11-18(12-17)29-2)25-9-8-23(20(25)27)7-5-22-14-19(26)24-6-3-4-15(24)13-21/h10-12,15,22H,3-9,14H2,1-2H3/t15-/m0/s1. The van der Waals surface area contributed by atoms with Gasteiger partial charge in [-0.15, -0.1) is 0 Å². The Bertz CT molecular complexity index is 771. The summed E-state index contributed by atoms with van der Waals surface area (Å²) in [5.41, 5.74) is 0.730. The zero-order valence-corrected chi connectivity index (χ0v) is 16.9. The first-order valence-corrected chi connectivity index (χ1v) is 9.76. The van der Waals surface area contributed by atoms with Crippen LogP contribution < -0.4 is 19.7 Å². The molecule has 0 saturated carbocycles. The van der Waals surface area contributed by atoms with Gasteiger partial charge in [0.1, 0.15) is 17.5 Å². The van der Waals surface area contributed by atoms with Crippen LogP contribution >= 0.6 is 0 Å². The third kappa shape index (κ3) is 4.71. The molecule has 0 aliphatic carbocycles. The van der Waals surface area contributed by atoms with Gasteiger partial charge in [0.25, 0.3) is 0 Å². The Kier molecular flexibility index (Phi) is 6.77. The average Bonchev–Trinajstić information content (AvgIpc) is 3.37. The van der Waals surface area contributed by atoms with E-state index in [0.717, 1.165) is 18.5 Å². The van der Waals surface area contributed by atoms with Gasteiger partial charge in [0, 0.05) is 50.9 Å². The lowest BCUT2D eigenvalue weighted by Gasteiger charge is -2.21. The molecule has 0 bridgehead atoms. The predicted molar refractivity (Wildman–Crippen MR) is 107 cm³/mol. The maximum absolute atomic E-state index is 12.8. The Hall–Kier alpha value is -2.99. The summed E-state index contributed by atoms with van der Waals surface area (Å²) >= 11 is 0. The molecule has 0 unspecified atom stereocenters. The first kappa shape index (κ1) is 20.7. The van der Waals surface area contributed by atoms with Crippen molar-refractivity contribution in [1.82, 2.24) is 15.1 Å². The second kappa shape index (κ2) is 9.47. The van der Waals surface area contributed by atoms with Crippen LogP contribution in [0.4, 0.5) is 10.5 Å². The number of nitriles is 1. The minimum absolute atomic E-state index is 0.0631. The van der Waals surface area contributed by atoms with Crippen LogP contribution in [0.3, 0.4) is 0 Å². The number of rotatable bonds is 8. The Labute approximate surface area is 170 Å². The number of ether oxygens (including phenoxy) is 2. The largest absolute Gasteiger partial charge is 0.497 e. The van der Waals surface area contributed by atoms with Gasteiger partial charge >= 0.3 is 6.03 Å². The first-order chi connectivity index (χ1) is 14.1. The van der Waals surface area contributed by atoms with Crippen molar-refractivity contribution < 1.29 is 19.1 Å². The molecule has 2 aliphatic heterocycles. The molecule has 9 nitrogen and oxygen atoms in total. The van der Waals surface area contributed by atoms with Crippen LogP contribution in [0.5, 0.6) is 11.5 Å². The molecular weight excluding hydrogens is 374 g/mol. The molecule has 3 amide bonds. The van der Waals surface area contributed by atoms with Gasteiger partial charge < -0.3 is 24.6 Å². The lowest BCUT2D eigenvalue weighted by Crippen LogP contribution is -2.43. The minimum atomic E-state index is -0.308. The highest BCUT2D eigenvalue weighted by atomic mass is 16.5. The smallest absolute Gasteiger partial charge is 0.324 e. The van der Waals surface area contributed by atoms with E-state index >= 15 is 0 Å². The summed E-state index contributed by atoms with van der Waals surface area (Å²) in [7, 11) is 3.15. The van der Waals surface area contributed by atoms with Gasteiger partial charge in [-0.1, -0.05) is 0 Å². The minimum Gasteiger partial charge on any atom is -0.497 e. The molecule has 2 aliphatic rings. The number of nitrogens with zero attached hydrogens (tertiary/aromatic N) is 4. The average molecular weight is 401 g/mol. The molecule has 1 aromatic carbocycles. The van der Waals surface area contributed by atoms with Crippen molar-refractivity contribution in [1.29, 1.82) is 5.26 Å². The van der Waals surface area contributed by atoms with E-state index in [9.17, 15) is 9.59 Å². The number of likely N-dealkylation sites (tertiary alicyclic amines) is 1. The molecule has 3 rings (SSSR count). The van der Waals surface area contributed by atoms with Crippen molar-refractivity contribution in [2.75, 3.05) is 58.4 Å². The van der Waals surface area contributed by atoms with E-state index in [4.69, 9.17) is 14.7 Å². The Morgan fingerprint density at radius 1 is 1.21 bits per heavy atom. The van der Waals surface area contributed by atoms with Crippen molar-refractivity contribution in [2.45, 2.75) is 18.9 Å².